The van der Waals surface area contributed by atoms with Crippen molar-refractivity contribution in [1.29, 1.82) is 0 Å². The fraction of sp³-hybridized carbons (Fsp3) is 0.214. The SMILES string of the molecule is C=Cc1nnc2n1CCN(c1cc3c(Cl)ncnc3cn1)C2. The highest BCUT2D eigenvalue weighted by Gasteiger charge is 2.21. The summed E-state index contributed by atoms with van der Waals surface area (Å²) in [6.07, 6.45) is 4.87. The van der Waals surface area contributed by atoms with E-state index < -0.39 is 0 Å². The van der Waals surface area contributed by atoms with Crippen molar-refractivity contribution in [2.75, 3.05) is 11.4 Å². The van der Waals surface area contributed by atoms with Gasteiger partial charge in [0.2, 0.25) is 0 Å². The summed E-state index contributed by atoms with van der Waals surface area (Å²) in [6, 6.07) is 1.91. The summed E-state index contributed by atoms with van der Waals surface area (Å²) in [4.78, 5) is 14.8. The number of hydrogen-bond donors (Lipinski definition) is 0. The van der Waals surface area contributed by atoms with Gasteiger partial charge in [0.15, 0.2) is 11.6 Å². The molecular weight excluding hydrogens is 302 g/mol. The number of pyridine rings is 1. The lowest BCUT2D eigenvalue weighted by Gasteiger charge is -2.28. The van der Waals surface area contributed by atoms with Crippen molar-refractivity contribution in [3.05, 3.63) is 42.0 Å². The van der Waals surface area contributed by atoms with Crippen LogP contribution in [0.15, 0.2) is 25.2 Å². The summed E-state index contributed by atoms with van der Waals surface area (Å²) in [5, 5.41) is 9.55. The van der Waals surface area contributed by atoms with Crippen LogP contribution in [0.4, 0.5) is 5.82 Å². The Kier molecular flexibility index (Phi) is 3.00. The molecule has 3 aromatic heterocycles. The number of nitrogens with zero attached hydrogens (tertiary/aromatic N) is 7. The minimum absolute atomic E-state index is 0.433. The first-order valence-electron chi connectivity index (χ1n) is 6.82. The number of anilines is 1. The van der Waals surface area contributed by atoms with Crippen molar-refractivity contribution in [2.45, 2.75) is 13.1 Å². The van der Waals surface area contributed by atoms with Crippen LogP contribution >= 0.6 is 11.6 Å². The maximum Gasteiger partial charge on any atom is 0.156 e. The van der Waals surface area contributed by atoms with Gasteiger partial charge in [0.05, 0.1) is 18.3 Å². The molecule has 4 heterocycles. The van der Waals surface area contributed by atoms with Crippen molar-refractivity contribution in [3.63, 3.8) is 0 Å². The van der Waals surface area contributed by atoms with E-state index in [1.54, 1.807) is 12.3 Å². The van der Waals surface area contributed by atoms with E-state index in [1.807, 2.05) is 6.07 Å². The van der Waals surface area contributed by atoms with E-state index in [9.17, 15) is 0 Å². The molecule has 4 rings (SSSR count). The molecule has 8 heteroatoms. The van der Waals surface area contributed by atoms with Gasteiger partial charge in [-0.05, 0) is 12.1 Å². The molecule has 7 nitrogen and oxygen atoms in total. The van der Waals surface area contributed by atoms with Crippen LogP contribution in [-0.2, 0) is 13.1 Å². The number of aromatic nitrogens is 6. The number of fused-ring (bicyclic) bond motifs is 2. The lowest BCUT2D eigenvalue weighted by molar-refractivity contribution is 0.554. The van der Waals surface area contributed by atoms with E-state index in [4.69, 9.17) is 11.6 Å². The first kappa shape index (κ1) is 13.1. The Labute approximate surface area is 131 Å². The Morgan fingerprint density at radius 3 is 2.95 bits per heavy atom. The normalized spacial score (nSPS) is 14.1. The first-order chi connectivity index (χ1) is 10.8. The lowest BCUT2D eigenvalue weighted by Crippen LogP contribution is -2.34. The second kappa shape index (κ2) is 5.03. The van der Waals surface area contributed by atoms with E-state index in [-0.39, 0.29) is 0 Å². The van der Waals surface area contributed by atoms with E-state index in [2.05, 4.69) is 41.2 Å². The van der Waals surface area contributed by atoms with Crippen LogP contribution in [0.1, 0.15) is 11.6 Å². The molecule has 110 valence electrons. The third kappa shape index (κ3) is 2.01. The summed E-state index contributed by atoms with van der Waals surface area (Å²) < 4.78 is 2.07. The van der Waals surface area contributed by atoms with Gasteiger partial charge in [-0.3, -0.25) is 0 Å². The Balaban J connectivity index is 1.71. The van der Waals surface area contributed by atoms with Crippen LogP contribution in [0.25, 0.3) is 17.0 Å². The highest BCUT2D eigenvalue weighted by atomic mass is 35.5. The van der Waals surface area contributed by atoms with E-state index >= 15 is 0 Å². The minimum atomic E-state index is 0.433. The second-order valence-corrected chi connectivity index (χ2v) is 5.33. The highest BCUT2D eigenvalue weighted by molar-refractivity contribution is 6.34. The highest BCUT2D eigenvalue weighted by Crippen LogP contribution is 2.25. The van der Waals surface area contributed by atoms with Crippen molar-refractivity contribution in [1.82, 2.24) is 29.7 Å². The van der Waals surface area contributed by atoms with Gasteiger partial charge in [0.1, 0.15) is 17.3 Å². The van der Waals surface area contributed by atoms with Gasteiger partial charge >= 0.3 is 0 Å². The molecule has 0 saturated carbocycles. The third-order valence-electron chi connectivity index (χ3n) is 3.75. The molecule has 3 aromatic rings. The van der Waals surface area contributed by atoms with E-state index in [0.29, 0.717) is 11.7 Å². The number of rotatable bonds is 2. The van der Waals surface area contributed by atoms with Crippen molar-refractivity contribution < 1.29 is 0 Å². The predicted molar refractivity (Wildman–Crippen MR) is 83.5 cm³/mol. The summed E-state index contributed by atoms with van der Waals surface area (Å²) in [7, 11) is 0. The van der Waals surface area contributed by atoms with Crippen LogP contribution in [0.5, 0.6) is 0 Å². The second-order valence-electron chi connectivity index (χ2n) is 4.98. The first-order valence-corrected chi connectivity index (χ1v) is 7.20. The predicted octanol–water partition coefficient (Wildman–Crippen LogP) is 1.93. The molecule has 0 amide bonds. The third-order valence-corrected chi connectivity index (χ3v) is 4.05. The van der Waals surface area contributed by atoms with Crippen LogP contribution < -0.4 is 4.90 Å². The molecule has 0 aliphatic carbocycles. The van der Waals surface area contributed by atoms with Crippen LogP contribution in [0, 0.1) is 0 Å². The average molecular weight is 314 g/mol. The van der Waals surface area contributed by atoms with Crippen molar-refractivity contribution >= 4 is 34.4 Å². The van der Waals surface area contributed by atoms with E-state index in [0.717, 1.165) is 41.5 Å². The summed E-state index contributed by atoms with van der Waals surface area (Å²) >= 11 is 6.14. The molecule has 1 aliphatic rings. The Bertz CT molecular complexity index is 873. The van der Waals surface area contributed by atoms with Gasteiger partial charge in [-0.15, -0.1) is 10.2 Å². The summed E-state index contributed by atoms with van der Waals surface area (Å²) in [6.45, 7) is 6.01. The molecule has 0 unspecified atom stereocenters. The lowest BCUT2D eigenvalue weighted by atomic mass is 10.2. The average Bonchev–Trinajstić information content (AvgIpc) is 2.97. The topological polar surface area (TPSA) is 72.6 Å². The van der Waals surface area contributed by atoms with Crippen molar-refractivity contribution in [2.24, 2.45) is 0 Å². The summed E-state index contributed by atoms with van der Waals surface area (Å²) in [5.41, 5.74) is 0.734. The molecule has 0 spiro atoms. The molecule has 1 aliphatic heterocycles. The van der Waals surface area contributed by atoms with Gasteiger partial charge in [0.25, 0.3) is 0 Å². The zero-order valence-electron chi connectivity index (χ0n) is 11.6. The maximum atomic E-state index is 6.14. The standard InChI is InChI=1S/C14H12ClN7/c1-2-11-19-20-13-7-21(3-4-22(11)13)12-5-9-10(6-16-12)17-8-18-14(9)15/h2,5-6,8H,1,3-4,7H2. The van der Waals surface area contributed by atoms with Crippen LogP contribution in [0.3, 0.4) is 0 Å². The molecule has 0 atom stereocenters. The fourth-order valence-corrected chi connectivity index (χ4v) is 2.81. The minimum Gasteiger partial charge on any atom is -0.347 e. The van der Waals surface area contributed by atoms with Gasteiger partial charge in [-0.25, -0.2) is 15.0 Å². The van der Waals surface area contributed by atoms with Crippen molar-refractivity contribution in [3.8, 4) is 0 Å². The molecule has 0 radical (unpaired) electrons. The van der Waals surface area contributed by atoms with Gasteiger partial charge in [0, 0.05) is 18.5 Å². The number of halogens is 1. The Morgan fingerprint density at radius 1 is 1.18 bits per heavy atom. The monoisotopic (exact) mass is 313 g/mol. The Hall–Kier alpha value is -2.54. The van der Waals surface area contributed by atoms with Crippen LogP contribution in [0.2, 0.25) is 5.15 Å². The molecule has 22 heavy (non-hydrogen) atoms. The number of hydrogen-bond acceptors (Lipinski definition) is 6. The van der Waals surface area contributed by atoms with Crippen LogP contribution in [-0.4, -0.2) is 36.3 Å². The molecule has 0 saturated heterocycles. The fourth-order valence-electron chi connectivity index (χ4n) is 2.62. The maximum absolute atomic E-state index is 6.14. The zero-order chi connectivity index (χ0) is 15.1. The smallest absolute Gasteiger partial charge is 0.156 e. The Morgan fingerprint density at radius 2 is 2.09 bits per heavy atom. The molecule has 0 aromatic carbocycles. The van der Waals surface area contributed by atoms with Gasteiger partial charge in [-0.2, -0.15) is 0 Å². The van der Waals surface area contributed by atoms with Gasteiger partial charge in [-0.1, -0.05) is 18.2 Å². The van der Waals surface area contributed by atoms with E-state index in [1.165, 1.54) is 6.33 Å². The molecule has 0 bridgehead atoms. The molecule has 0 fully saturated rings. The largest absolute Gasteiger partial charge is 0.347 e. The molecular formula is C14H12ClN7. The zero-order valence-corrected chi connectivity index (χ0v) is 12.4. The van der Waals surface area contributed by atoms with Gasteiger partial charge < -0.3 is 9.47 Å². The summed E-state index contributed by atoms with van der Waals surface area (Å²) in [5.74, 6) is 2.54. The quantitative estimate of drug-likeness (QED) is 0.673. The molecule has 0 N–H and O–H groups in total.